The number of aryl methyl sites for hydroxylation is 1. The molecule has 5 nitrogen and oxygen atoms in total. The molecule has 1 unspecified atom stereocenters. The van der Waals surface area contributed by atoms with Gasteiger partial charge in [-0.1, -0.05) is 29.8 Å². The molecule has 0 spiro atoms. The summed E-state index contributed by atoms with van der Waals surface area (Å²) in [7, 11) is 1.63. The maximum Gasteiger partial charge on any atom is 0.258 e. The van der Waals surface area contributed by atoms with E-state index < -0.39 is 0 Å². The van der Waals surface area contributed by atoms with Crippen molar-refractivity contribution < 1.29 is 9.53 Å². The highest BCUT2D eigenvalue weighted by Crippen LogP contribution is 2.35. The molecule has 0 fully saturated rings. The largest absolute Gasteiger partial charge is 0.497 e. The molecule has 1 aliphatic heterocycles. The van der Waals surface area contributed by atoms with Gasteiger partial charge in [0.05, 0.1) is 18.4 Å². The Bertz CT molecular complexity index is 1020. The van der Waals surface area contributed by atoms with Crippen LogP contribution >= 0.6 is 11.6 Å². The first-order valence-electron chi connectivity index (χ1n) is 8.98. The van der Waals surface area contributed by atoms with Crippen LogP contribution in [0, 0.1) is 6.92 Å². The second kappa shape index (κ2) is 7.52. The number of aromatic nitrogens is 1. The minimum Gasteiger partial charge on any atom is -0.497 e. The molecule has 3 aromatic rings. The van der Waals surface area contributed by atoms with E-state index in [9.17, 15) is 4.79 Å². The summed E-state index contributed by atoms with van der Waals surface area (Å²) in [5.41, 5.74) is 4.28. The van der Waals surface area contributed by atoms with Gasteiger partial charge in [-0.25, -0.2) is 0 Å². The van der Waals surface area contributed by atoms with Gasteiger partial charge < -0.3 is 15.0 Å². The van der Waals surface area contributed by atoms with E-state index in [4.69, 9.17) is 16.3 Å². The number of nitrogens with one attached hydrogen (secondary N) is 1. The molecule has 1 amide bonds. The number of pyridine rings is 1. The minimum absolute atomic E-state index is 0.0453. The minimum atomic E-state index is -0.372. The number of hydrogen-bond donors (Lipinski definition) is 1. The number of anilines is 1. The average molecular weight is 394 g/mol. The molecule has 28 heavy (non-hydrogen) atoms. The monoisotopic (exact) mass is 393 g/mol. The summed E-state index contributed by atoms with van der Waals surface area (Å²) in [5.74, 6) is 0.738. The number of benzene rings is 2. The number of ether oxygens (including phenoxy) is 1. The Hall–Kier alpha value is -3.05. The van der Waals surface area contributed by atoms with Crippen molar-refractivity contribution >= 4 is 23.2 Å². The Morgan fingerprint density at radius 1 is 1.18 bits per heavy atom. The second-order valence-electron chi connectivity index (χ2n) is 6.72. The van der Waals surface area contributed by atoms with Crippen LogP contribution in [0.3, 0.4) is 0 Å². The smallest absolute Gasteiger partial charge is 0.258 e. The van der Waals surface area contributed by atoms with E-state index in [1.165, 1.54) is 0 Å². The fraction of sp³-hybridized carbons (Fsp3) is 0.182. The Balaban J connectivity index is 1.68. The molecule has 1 atom stereocenters. The zero-order valence-corrected chi connectivity index (χ0v) is 16.4. The number of carbonyl (C=O) groups is 1. The van der Waals surface area contributed by atoms with Gasteiger partial charge in [-0.05, 0) is 54.4 Å². The topological polar surface area (TPSA) is 54.5 Å². The molecule has 0 radical (unpaired) electrons. The maximum absolute atomic E-state index is 13.1. The Kier molecular flexibility index (Phi) is 4.92. The molecule has 1 aromatic heterocycles. The highest BCUT2D eigenvalue weighted by Gasteiger charge is 2.38. The van der Waals surface area contributed by atoms with E-state index >= 15 is 0 Å². The first-order valence-corrected chi connectivity index (χ1v) is 9.36. The van der Waals surface area contributed by atoms with Crippen LogP contribution in [-0.4, -0.2) is 22.9 Å². The number of halogens is 1. The van der Waals surface area contributed by atoms with Crippen molar-refractivity contribution in [2.75, 3.05) is 12.4 Å². The molecule has 2 aromatic carbocycles. The predicted octanol–water partition coefficient (Wildman–Crippen LogP) is 4.82. The van der Waals surface area contributed by atoms with Crippen LogP contribution in [0.1, 0.15) is 33.3 Å². The number of fused-ring (bicyclic) bond motifs is 1. The summed E-state index contributed by atoms with van der Waals surface area (Å²) < 4.78 is 5.22. The highest BCUT2D eigenvalue weighted by molar-refractivity contribution is 6.30. The first kappa shape index (κ1) is 18.3. The van der Waals surface area contributed by atoms with Crippen LogP contribution < -0.4 is 10.1 Å². The molecule has 2 heterocycles. The van der Waals surface area contributed by atoms with E-state index in [-0.39, 0.29) is 12.1 Å². The van der Waals surface area contributed by atoms with Gasteiger partial charge in [-0.2, -0.15) is 0 Å². The molecular formula is C22H20ClN3O2. The van der Waals surface area contributed by atoms with Crippen LogP contribution in [0.4, 0.5) is 5.69 Å². The van der Waals surface area contributed by atoms with Gasteiger partial charge in [0.1, 0.15) is 11.9 Å². The van der Waals surface area contributed by atoms with Crippen molar-refractivity contribution in [2.24, 2.45) is 0 Å². The van der Waals surface area contributed by atoms with Gasteiger partial charge in [-0.3, -0.25) is 9.78 Å². The van der Waals surface area contributed by atoms with Crippen molar-refractivity contribution in [1.29, 1.82) is 0 Å². The van der Waals surface area contributed by atoms with E-state index in [0.29, 0.717) is 17.1 Å². The number of methoxy groups -OCH3 is 1. The van der Waals surface area contributed by atoms with Gasteiger partial charge in [0, 0.05) is 23.5 Å². The molecule has 1 N–H and O–H groups in total. The number of carbonyl (C=O) groups excluding carboxylic acids is 1. The molecular weight excluding hydrogens is 374 g/mol. The van der Waals surface area contributed by atoms with Crippen LogP contribution in [0.5, 0.6) is 5.75 Å². The third-order valence-corrected chi connectivity index (χ3v) is 5.14. The van der Waals surface area contributed by atoms with Crippen molar-refractivity contribution in [2.45, 2.75) is 19.6 Å². The van der Waals surface area contributed by atoms with E-state index in [1.807, 2.05) is 55.5 Å². The fourth-order valence-electron chi connectivity index (χ4n) is 3.37. The van der Waals surface area contributed by atoms with E-state index in [0.717, 1.165) is 28.3 Å². The standard InChI is InChI=1S/C22H20ClN3O2/c1-14-5-8-16(23)12-19(14)25-21-20-18(4-3-11-24-20)22(27)26(21)13-15-6-9-17(28-2)10-7-15/h3-12,21,25H,13H2,1-2H3. The Morgan fingerprint density at radius 2 is 1.96 bits per heavy atom. The quantitative estimate of drug-likeness (QED) is 0.675. The average Bonchev–Trinajstić information content (AvgIpc) is 2.97. The van der Waals surface area contributed by atoms with Gasteiger partial charge in [0.25, 0.3) is 5.91 Å². The van der Waals surface area contributed by atoms with Gasteiger partial charge in [-0.15, -0.1) is 0 Å². The lowest BCUT2D eigenvalue weighted by Gasteiger charge is -2.27. The van der Waals surface area contributed by atoms with Crippen molar-refractivity contribution in [3.8, 4) is 5.75 Å². The van der Waals surface area contributed by atoms with E-state index in [1.54, 1.807) is 24.3 Å². The number of amides is 1. The molecule has 0 saturated heterocycles. The van der Waals surface area contributed by atoms with Crippen LogP contribution in [0.2, 0.25) is 5.02 Å². The third kappa shape index (κ3) is 3.41. The normalized spacial score (nSPS) is 15.5. The van der Waals surface area contributed by atoms with Crippen molar-refractivity contribution in [3.63, 3.8) is 0 Å². The number of rotatable bonds is 5. The van der Waals surface area contributed by atoms with Crippen molar-refractivity contribution in [3.05, 3.63) is 88.2 Å². The van der Waals surface area contributed by atoms with Crippen LogP contribution in [0.15, 0.2) is 60.8 Å². The number of nitrogens with zero attached hydrogens (tertiary/aromatic N) is 2. The first-order chi connectivity index (χ1) is 13.6. The lowest BCUT2D eigenvalue weighted by molar-refractivity contribution is 0.0727. The molecule has 6 heteroatoms. The third-order valence-electron chi connectivity index (χ3n) is 4.90. The highest BCUT2D eigenvalue weighted by atomic mass is 35.5. The van der Waals surface area contributed by atoms with E-state index in [2.05, 4.69) is 10.3 Å². The Morgan fingerprint density at radius 3 is 2.71 bits per heavy atom. The molecule has 1 aliphatic rings. The molecule has 4 rings (SSSR count). The number of hydrogen-bond acceptors (Lipinski definition) is 4. The summed E-state index contributed by atoms with van der Waals surface area (Å²) in [6.45, 7) is 2.46. The van der Waals surface area contributed by atoms with Crippen LogP contribution in [0.25, 0.3) is 0 Å². The van der Waals surface area contributed by atoms with Gasteiger partial charge >= 0.3 is 0 Å². The summed E-state index contributed by atoms with van der Waals surface area (Å²) in [6.07, 6.45) is 1.34. The van der Waals surface area contributed by atoms with Gasteiger partial charge in [0.2, 0.25) is 0 Å². The van der Waals surface area contributed by atoms with Crippen LogP contribution in [-0.2, 0) is 6.54 Å². The molecule has 142 valence electrons. The SMILES string of the molecule is COc1ccc(CN2C(=O)c3cccnc3C2Nc2cc(Cl)ccc2C)cc1. The summed E-state index contributed by atoms with van der Waals surface area (Å²) in [5, 5.41) is 4.10. The van der Waals surface area contributed by atoms with Crippen molar-refractivity contribution in [1.82, 2.24) is 9.88 Å². The Labute approximate surface area is 168 Å². The molecule has 0 saturated carbocycles. The second-order valence-corrected chi connectivity index (χ2v) is 7.16. The zero-order chi connectivity index (χ0) is 19.7. The molecule has 0 aliphatic carbocycles. The summed E-state index contributed by atoms with van der Waals surface area (Å²) in [4.78, 5) is 19.3. The fourth-order valence-corrected chi connectivity index (χ4v) is 3.54. The lowest BCUT2D eigenvalue weighted by Crippen LogP contribution is -2.32. The predicted molar refractivity (Wildman–Crippen MR) is 110 cm³/mol. The summed E-state index contributed by atoms with van der Waals surface area (Å²) in [6, 6.07) is 17.0. The zero-order valence-electron chi connectivity index (χ0n) is 15.6. The maximum atomic E-state index is 13.1. The summed E-state index contributed by atoms with van der Waals surface area (Å²) >= 11 is 6.18. The lowest BCUT2D eigenvalue weighted by atomic mass is 10.1. The van der Waals surface area contributed by atoms with Gasteiger partial charge in [0.15, 0.2) is 0 Å². The molecule has 0 bridgehead atoms.